The molecule has 0 aliphatic carbocycles. The van der Waals surface area contributed by atoms with Crippen molar-refractivity contribution in [2.75, 3.05) is 12.8 Å². The van der Waals surface area contributed by atoms with Gasteiger partial charge in [-0.3, -0.25) is 0 Å². The van der Waals surface area contributed by atoms with Crippen LogP contribution in [0.1, 0.15) is 11.1 Å². The van der Waals surface area contributed by atoms with E-state index in [9.17, 15) is 0 Å². The van der Waals surface area contributed by atoms with Gasteiger partial charge in [0.05, 0.1) is 6.61 Å². The molecule has 0 atom stereocenters. The van der Waals surface area contributed by atoms with Gasteiger partial charge in [-0.25, -0.2) is 4.98 Å². The van der Waals surface area contributed by atoms with Gasteiger partial charge in [0, 0.05) is 24.4 Å². The number of methoxy groups -OCH3 is 1. The van der Waals surface area contributed by atoms with E-state index in [0.29, 0.717) is 24.1 Å². The van der Waals surface area contributed by atoms with E-state index in [4.69, 9.17) is 15.0 Å². The number of nitrogens with zero attached hydrogens (tertiary/aromatic N) is 3. The van der Waals surface area contributed by atoms with Crippen LogP contribution in [0.25, 0.3) is 34.0 Å². The molecule has 0 unspecified atom stereocenters. The molecule has 2 aromatic carbocycles. The van der Waals surface area contributed by atoms with Gasteiger partial charge < -0.3 is 15.0 Å². The maximum Gasteiger partial charge on any atom is 0.258 e. The Morgan fingerprint density at radius 3 is 2.52 bits per heavy atom. The highest BCUT2D eigenvalue weighted by molar-refractivity contribution is 5.85. The first-order valence-corrected chi connectivity index (χ1v) is 8.89. The van der Waals surface area contributed by atoms with Gasteiger partial charge >= 0.3 is 0 Å². The molecule has 0 amide bonds. The molecule has 0 saturated heterocycles. The van der Waals surface area contributed by atoms with Crippen LogP contribution in [0.5, 0.6) is 0 Å². The number of aromatic nitrogens is 3. The summed E-state index contributed by atoms with van der Waals surface area (Å²) in [5, 5.41) is 4.06. The van der Waals surface area contributed by atoms with Crippen LogP contribution in [0.15, 0.2) is 65.3 Å². The molecule has 0 bridgehead atoms. The number of ether oxygens (including phenoxy) is 1. The molecule has 2 aromatic heterocycles. The van der Waals surface area contributed by atoms with Crippen LogP contribution in [0.2, 0.25) is 0 Å². The van der Waals surface area contributed by atoms with Gasteiger partial charge in [-0.05, 0) is 53.4 Å². The Morgan fingerprint density at radius 2 is 1.79 bits per heavy atom. The van der Waals surface area contributed by atoms with Crippen LogP contribution < -0.4 is 5.73 Å². The molecule has 0 radical (unpaired) electrons. The normalized spacial score (nSPS) is 10.6. The third kappa shape index (κ3) is 4.29. The van der Waals surface area contributed by atoms with Gasteiger partial charge in [0.25, 0.3) is 5.89 Å². The minimum absolute atomic E-state index is 0. The Bertz CT molecular complexity index is 1110. The summed E-state index contributed by atoms with van der Waals surface area (Å²) >= 11 is 0. The average Bonchev–Trinajstić information content (AvgIpc) is 3.20. The molecule has 6 nitrogen and oxygen atoms in total. The lowest BCUT2D eigenvalue weighted by Gasteiger charge is -2.12. The van der Waals surface area contributed by atoms with E-state index >= 15 is 0 Å². The number of benzene rings is 2. The molecule has 4 rings (SSSR count). The molecule has 2 heterocycles. The van der Waals surface area contributed by atoms with Crippen molar-refractivity contribution >= 4 is 18.2 Å². The number of rotatable bonds is 5. The zero-order valence-electron chi connectivity index (χ0n) is 16.1. The number of nitrogens with two attached hydrogens (primary N) is 1. The SMILES string of the molecule is COCc1cc(-c2nc(-c3ccc(N)nc3)no2)ccc1-c1ccccc1C.Cl. The first kappa shape index (κ1) is 20.5. The maximum atomic E-state index is 5.63. The monoisotopic (exact) mass is 408 g/mol. The lowest BCUT2D eigenvalue weighted by atomic mass is 9.94. The molecular formula is C22H21ClN4O2. The van der Waals surface area contributed by atoms with Crippen LogP contribution in [0, 0.1) is 6.92 Å². The predicted molar refractivity (Wildman–Crippen MR) is 116 cm³/mol. The Morgan fingerprint density at radius 1 is 1.00 bits per heavy atom. The van der Waals surface area contributed by atoms with E-state index in [-0.39, 0.29) is 12.4 Å². The summed E-state index contributed by atoms with van der Waals surface area (Å²) in [6.45, 7) is 2.59. The predicted octanol–water partition coefficient (Wildman–Crippen LogP) is 4.92. The molecule has 148 valence electrons. The minimum atomic E-state index is 0. The highest BCUT2D eigenvalue weighted by Gasteiger charge is 2.14. The molecule has 0 fully saturated rings. The Hall–Kier alpha value is -3.22. The first-order valence-electron chi connectivity index (χ1n) is 8.89. The number of nitrogen functional groups attached to an aromatic ring is 1. The van der Waals surface area contributed by atoms with Crippen molar-refractivity contribution in [3.8, 4) is 34.0 Å². The van der Waals surface area contributed by atoms with Gasteiger partial charge in [-0.15, -0.1) is 12.4 Å². The molecule has 2 N–H and O–H groups in total. The van der Waals surface area contributed by atoms with E-state index in [1.54, 1.807) is 19.4 Å². The average molecular weight is 409 g/mol. The molecule has 7 heteroatoms. The molecular weight excluding hydrogens is 388 g/mol. The molecule has 0 aliphatic heterocycles. The van der Waals surface area contributed by atoms with Crippen molar-refractivity contribution in [2.24, 2.45) is 0 Å². The topological polar surface area (TPSA) is 87.1 Å². The van der Waals surface area contributed by atoms with Crippen molar-refractivity contribution in [3.05, 3.63) is 71.9 Å². The Labute approximate surface area is 175 Å². The molecule has 0 spiro atoms. The molecule has 4 aromatic rings. The minimum Gasteiger partial charge on any atom is -0.384 e. The molecule has 0 aliphatic rings. The van der Waals surface area contributed by atoms with Crippen LogP contribution in [0.3, 0.4) is 0 Å². The fourth-order valence-electron chi connectivity index (χ4n) is 3.14. The second kappa shape index (κ2) is 8.86. The lowest BCUT2D eigenvalue weighted by Crippen LogP contribution is -1.95. The number of halogens is 1. The quantitative estimate of drug-likeness (QED) is 0.504. The smallest absolute Gasteiger partial charge is 0.258 e. The second-order valence-electron chi connectivity index (χ2n) is 6.51. The van der Waals surface area contributed by atoms with Gasteiger partial charge in [-0.1, -0.05) is 35.5 Å². The number of anilines is 1. The Kier molecular flexibility index (Phi) is 6.26. The van der Waals surface area contributed by atoms with E-state index in [2.05, 4.69) is 40.2 Å². The Balaban J connectivity index is 0.00000240. The van der Waals surface area contributed by atoms with Crippen molar-refractivity contribution in [2.45, 2.75) is 13.5 Å². The summed E-state index contributed by atoms with van der Waals surface area (Å²) in [5.41, 5.74) is 11.8. The second-order valence-corrected chi connectivity index (χ2v) is 6.51. The van der Waals surface area contributed by atoms with Crippen molar-refractivity contribution in [3.63, 3.8) is 0 Å². The van der Waals surface area contributed by atoms with Crippen LogP contribution in [-0.4, -0.2) is 22.2 Å². The lowest BCUT2D eigenvalue weighted by molar-refractivity contribution is 0.185. The van der Waals surface area contributed by atoms with Gasteiger partial charge in [0.15, 0.2) is 0 Å². The van der Waals surface area contributed by atoms with E-state index in [0.717, 1.165) is 22.3 Å². The third-order valence-corrected chi connectivity index (χ3v) is 4.56. The summed E-state index contributed by atoms with van der Waals surface area (Å²) in [6, 6.07) is 17.9. The zero-order valence-corrected chi connectivity index (χ0v) is 16.9. The van der Waals surface area contributed by atoms with Crippen molar-refractivity contribution in [1.82, 2.24) is 15.1 Å². The number of aryl methyl sites for hydroxylation is 1. The highest BCUT2D eigenvalue weighted by Crippen LogP contribution is 2.31. The van der Waals surface area contributed by atoms with E-state index in [1.807, 2.05) is 30.3 Å². The standard InChI is InChI=1S/C22H20N4O2.ClH/c1-14-5-3-4-6-18(14)19-9-7-15(11-17(19)13-27-2)22-25-21(26-28-22)16-8-10-20(23)24-12-16;/h3-12H,13H2,1-2H3,(H2,23,24);1H. The van der Waals surface area contributed by atoms with Gasteiger partial charge in [0.1, 0.15) is 5.82 Å². The van der Waals surface area contributed by atoms with Gasteiger partial charge in [0.2, 0.25) is 5.82 Å². The van der Waals surface area contributed by atoms with Crippen LogP contribution in [0.4, 0.5) is 5.82 Å². The summed E-state index contributed by atoms with van der Waals surface area (Å²) in [6.07, 6.45) is 1.63. The number of hydrogen-bond acceptors (Lipinski definition) is 6. The molecule has 29 heavy (non-hydrogen) atoms. The summed E-state index contributed by atoms with van der Waals surface area (Å²) < 4.78 is 10.9. The first-order chi connectivity index (χ1) is 13.7. The third-order valence-electron chi connectivity index (χ3n) is 4.56. The van der Waals surface area contributed by atoms with Crippen molar-refractivity contribution < 1.29 is 9.26 Å². The number of hydrogen-bond donors (Lipinski definition) is 1. The van der Waals surface area contributed by atoms with Crippen molar-refractivity contribution in [1.29, 1.82) is 0 Å². The van der Waals surface area contributed by atoms with E-state index < -0.39 is 0 Å². The summed E-state index contributed by atoms with van der Waals surface area (Å²) in [7, 11) is 1.69. The molecule has 0 saturated carbocycles. The fraction of sp³-hybridized carbons (Fsp3) is 0.136. The van der Waals surface area contributed by atoms with Gasteiger partial charge in [-0.2, -0.15) is 4.98 Å². The largest absolute Gasteiger partial charge is 0.384 e. The number of pyridine rings is 1. The zero-order chi connectivity index (χ0) is 19.5. The fourth-order valence-corrected chi connectivity index (χ4v) is 3.14. The maximum absolute atomic E-state index is 5.63. The van der Waals surface area contributed by atoms with Crippen LogP contribution in [-0.2, 0) is 11.3 Å². The summed E-state index contributed by atoms with van der Waals surface area (Å²) in [5.74, 6) is 1.36. The van der Waals surface area contributed by atoms with E-state index in [1.165, 1.54) is 11.1 Å². The summed E-state index contributed by atoms with van der Waals surface area (Å²) in [4.78, 5) is 8.57. The highest BCUT2D eigenvalue weighted by atomic mass is 35.5. The van der Waals surface area contributed by atoms with Crippen LogP contribution >= 0.6 is 12.4 Å².